The van der Waals surface area contributed by atoms with E-state index in [1.165, 1.54) is 12.5 Å². The summed E-state index contributed by atoms with van der Waals surface area (Å²) < 4.78 is 13.1. The second-order valence-electron chi connectivity index (χ2n) is 6.12. The molecule has 1 aromatic carbocycles. The largest absolute Gasteiger partial charge is 0.341 e. The Morgan fingerprint density at radius 2 is 1.92 bits per heavy atom. The van der Waals surface area contributed by atoms with Crippen LogP contribution in [-0.4, -0.2) is 29.0 Å². The van der Waals surface area contributed by atoms with E-state index in [0.29, 0.717) is 18.1 Å². The van der Waals surface area contributed by atoms with E-state index in [1.54, 1.807) is 24.5 Å². The number of aryl methyl sites for hydroxylation is 1. The molecule has 0 bridgehead atoms. The van der Waals surface area contributed by atoms with Gasteiger partial charge in [0, 0.05) is 19.5 Å². The van der Waals surface area contributed by atoms with Crippen LogP contribution in [0.5, 0.6) is 0 Å². The number of nitrogens with zero attached hydrogens (tertiary/aromatic N) is 3. The quantitative estimate of drug-likeness (QED) is 0.878. The highest BCUT2D eigenvalue weighted by atomic mass is 35.5. The van der Waals surface area contributed by atoms with Gasteiger partial charge in [-0.15, -0.1) is 0 Å². The van der Waals surface area contributed by atoms with Gasteiger partial charge in [0.1, 0.15) is 5.82 Å². The highest BCUT2D eigenvalue weighted by Gasteiger charge is 2.13. The van der Waals surface area contributed by atoms with Gasteiger partial charge in [-0.3, -0.25) is 4.79 Å². The maximum Gasteiger partial charge on any atom is 0.225 e. The number of rotatable bonds is 5. The zero-order chi connectivity index (χ0) is 17.6. The predicted molar refractivity (Wildman–Crippen MR) is 96.5 cm³/mol. The zero-order valence-corrected chi connectivity index (χ0v) is 14.6. The number of hydrogen-bond acceptors (Lipinski definition) is 4. The van der Waals surface area contributed by atoms with Crippen LogP contribution in [0.2, 0.25) is 5.02 Å². The summed E-state index contributed by atoms with van der Waals surface area (Å²) in [5.74, 6) is 0.106. The fourth-order valence-electron chi connectivity index (χ4n) is 2.82. The van der Waals surface area contributed by atoms with Crippen molar-refractivity contribution in [3.8, 4) is 0 Å². The lowest BCUT2D eigenvalue weighted by atomic mass is 10.1. The Hall–Kier alpha value is -2.21. The number of nitrogens with one attached hydrogen (secondary N) is 1. The minimum atomic E-state index is -0.458. The molecule has 1 N–H and O–H groups in total. The van der Waals surface area contributed by atoms with E-state index < -0.39 is 5.82 Å². The van der Waals surface area contributed by atoms with Crippen molar-refractivity contribution in [3.05, 3.63) is 47.0 Å². The molecule has 1 fully saturated rings. The summed E-state index contributed by atoms with van der Waals surface area (Å²) in [6.45, 7) is 1.96. The molecule has 1 aromatic heterocycles. The van der Waals surface area contributed by atoms with Gasteiger partial charge in [0.25, 0.3) is 0 Å². The van der Waals surface area contributed by atoms with E-state index >= 15 is 0 Å². The first-order valence-corrected chi connectivity index (χ1v) is 8.80. The van der Waals surface area contributed by atoms with E-state index in [2.05, 4.69) is 20.2 Å². The maximum absolute atomic E-state index is 13.1. The molecule has 132 valence electrons. The molecule has 2 aromatic rings. The summed E-state index contributed by atoms with van der Waals surface area (Å²) in [5.41, 5.74) is 1.39. The first-order valence-electron chi connectivity index (χ1n) is 8.42. The number of amides is 1. The van der Waals surface area contributed by atoms with Crippen LogP contribution in [0.3, 0.4) is 0 Å². The Kier molecular flexibility index (Phi) is 5.81. The first kappa shape index (κ1) is 17.6. The molecule has 0 unspecified atom stereocenters. The highest BCUT2D eigenvalue weighted by Crippen LogP contribution is 2.18. The molecule has 5 nitrogen and oxygen atoms in total. The lowest BCUT2D eigenvalue weighted by molar-refractivity contribution is -0.116. The number of benzene rings is 1. The van der Waals surface area contributed by atoms with Gasteiger partial charge >= 0.3 is 0 Å². The molecule has 7 heteroatoms. The van der Waals surface area contributed by atoms with Crippen molar-refractivity contribution in [2.45, 2.75) is 32.1 Å². The minimum Gasteiger partial charge on any atom is -0.341 e. The lowest BCUT2D eigenvalue weighted by Gasteiger charge is -2.26. The molecule has 0 spiro atoms. The summed E-state index contributed by atoms with van der Waals surface area (Å²) in [6, 6.07) is 4.48. The molecule has 1 saturated heterocycles. The Labute approximate surface area is 151 Å². The van der Waals surface area contributed by atoms with Crippen LogP contribution in [0.15, 0.2) is 30.6 Å². The SMILES string of the molecule is O=C(CCc1ccc(F)c(Cl)c1)Nc1cnc(N2CCCCC2)nc1. The number of carbonyl (C=O) groups excluding carboxylic acids is 1. The van der Waals surface area contributed by atoms with E-state index in [9.17, 15) is 9.18 Å². The highest BCUT2D eigenvalue weighted by molar-refractivity contribution is 6.30. The summed E-state index contributed by atoms with van der Waals surface area (Å²) in [6.07, 6.45) is 7.59. The van der Waals surface area contributed by atoms with E-state index in [1.807, 2.05) is 0 Å². The molecule has 1 amide bonds. The molecular weight excluding hydrogens is 343 g/mol. The first-order chi connectivity index (χ1) is 12.1. The molecule has 0 saturated carbocycles. The fraction of sp³-hybridized carbons (Fsp3) is 0.389. The van der Waals surface area contributed by atoms with Gasteiger partial charge in [-0.25, -0.2) is 14.4 Å². The smallest absolute Gasteiger partial charge is 0.225 e. The standard InChI is InChI=1S/C18H20ClFN4O/c19-15-10-13(4-6-16(15)20)5-7-17(25)23-14-11-21-18(22-12-14)24-8-2-1-3-9-24/h4,6,10-12H,1-3,5,7-9H2,(H,23,25). The van der Waals surface area contributed by atoms with Gasteiger partial charge < -0.3 is 10.2 Å². The second-order valence-corrected chi connectivity index (χ2v) is 6.52. The molecule has 25 heavy (non-hydrogen) atoms. The van der Waals surface area contributed by atoms with Crippen molar-refractivity contribution in [3.63, 3.8) is 0 Å². The Morgan fingerprint density at radius 1 is 1.20 bits per heavy atom. The summed E-state index contributed by atoms with van der Waals surface area (Å²) >= 11 is 5.74. The minimum absolute atomic E-state index is 0.0691. The van der Waals surface area contributed by atoms with Gasteiger partial charge in [0.2, 0.25) is 11.9 Å². The number of piperidine rings is 1. The molecule has 0 radical (unpaired) electrons. The topological polar surface area (TPSA) is 58.1 Å². The Balaban J connectivity index is 1.51. The van der Waals surface area contributed by atoms with Crippen molar-refractivity contribution in [1.29, 1.82) is 0 Å². The monoisotopic (exact) mass is 362 g/mol. The average Bonchev–Trinajstić information content (AvgIpc) is 2.64. The number of halogens is 2. The van der Waals surface area contributed by atoms with Crippen LogP contribution >= 0.6 is 11.6 Å². The fourth-order valence-corrected chi connectivity index (χ4v) is 3.02. The van der Waals surface area contributed by atoms with Crippen molar-refractivity contribution >= 4 is 29.1 Å². The van der Waals surface area contributed by atoms with Gasteiger partial charge in [0.05, 0.1) is 23.1 Å². The molecule has 0 aliphatic carbocycles. The average molecular weight is 363 g/mol. The maximum atomic E-state index is 13.1. The van der Waals surface area contributed by atoms with Crippen LogP contribution in [0.25, 0.3) is 0 Å². The predicted octanol–water partition coefficient (Wildman–Crippen LogP) is 3.83. The second kappa shape index (κ2) is 8.25. The van der Waals surface area contributed by atoms with Crippen LogP contribution < -0.4 is 10.2 Å². The third-order valence-electron chi connectivity index (χ3n) is 4.19. The number of anilines is 2. The molecule has 2 heterocycles. The molecule has 1 aliphatic rings. The number of hydrogen-bond donors (Lipinski definition) is 1. The molecule has 1 aliphatic heterocycles. The Bertz CT molecular complexity index is 732. The van der Waals surface area contributed by atoms with Crippen LogP contribution in [0, 0.1) is 5.82 Å². The summed E-state index contributed by atoms with van der Waals surface area (Å²) in [7, 11) is 0. The number of aromatic nitrogens is 2. The Morgan fingerprint density at radius 3 is 2.60 bits per heavy atom. The zero-order valence-electron chi connectivity index (χ0n) is 13.8. The van der Waals surface area contributed by atoms with Gasteiger partial charge in [-0.05, 0) is 43.4 Å². The summed E-state index contributed by atoms with van der Waals surface area (Å²) in [5, 5.41) is 2.85. The van der Waals surface area contributed by atoms with Crippen molar-refractivity contribution in [2.75, 3.05) is 23.3 Å². The van der Waals surface area contributed by atoms with E-state index in [4.69, 9.17) is 11.6 Å². The van der Waals surface area contributed by atoms with Crippen LogP contribution in [0.4, 0.5) is 16.0 Å². The molecule has 0 atom stereocenters. The molecule has 3 rings (SSSR count). The third-order valence-corrected chi connectivity index (χ3v) is 4.48. The normalized spacial score (nSPS) is 14.4. The third kappa shape index (κ3) is 4.89. The van der Waals surface area contributed by atoms with E-state index in [0.717, 1.165) is 31.5 Å². The van der Waals surface area contributed by atoms with Crippen LogP contribution in [-0.2, 0) is 11.2 Å². The van der Waals surface area contributed by atoms with Gasteiger partial charge in [-0.2, -0.15) is 0 Å². The van der Waals surface area contributed by atoms with Gasteiger partial charge in [-0.1, -0.05) is 17.7 Å². The van der Waals surface area contributed by atoms with Crippen molar-refractivity contribution < 1.29 is 9.18 Å². The lowest BCUT2D eigenvalue weighted by Crippen LogP contribution is -2.30. The molecular formula is C18H20ClFN4O. The van der Waals surface area contributed by atoms with E-state index in [-0.39, 0.29) is 17.4 Å². The van der Waals surface area contributed by atoms with Crippen molar-refractivity contribution in [2.24, 2.45) is 0 Å². The van der Waals surface area contributed by atoms with Crippen LogP contribution in [0.1, 0.15) is 31.2 Å². The number of carbonyl (C=O) groups is 1. The van der Waals surface area contributed by atoms with Gasteiger partial charge in [0.15, 0.2) is 0 Å². The van der Waals surface area contributed by atoms with Crippen molar-refractivity contribution in [1.82, 2.24) is 9.97 Å². The summed E-state index contributed by atoms with van der Waals surface area (Å²) in [4.78, 5) is 22.9.